The molecule has 0 fully saturated rings. The largest absolute Gasteiger partial charge is 0.493 e. The van der Waals surface area contributed by atoms with E-state index in [-0.39, 0.29) is 5.56 Å². The van der Waals surface area contributed by atoms with Crippen LogP contribution >= 0.6 is 22.6 Å². The summed E-state index contributed by atoms with van der Waals surface area (Å²) < 4.78 is 6.37. The molecule has 4 heteroatoms. The van der Waals surface area contributed by atoms with Crippen LogP contribution in [-0.2, 0) is 0 Å². The molecule has 0 radical (unpaired) electrons. The van der Waals surface area contributed by atoms with Gasteiger partial charge in [-0.3, -0.25) is 0 Å². The number of aromatic carboxylic acids is 1. The van der Waals surface area contributed by atoms with Gasteiger partial charge >= 0.3 is 5.97 Å². The van der Waals surface area contributed by atoms with Gasteiger partial charge in [0.2, 0.25) is 0 Å². The van der Waals surface area contributed by atoms with Crippen LogP contribution in [0.3, 0.4) is 0 Å². The van der Waals surface area contributed by atoms with E-state index < -0.39 is 5.97 Å². The Balaban J connectivity index is 2.67. The van der Waals surface area contributed by atoms with Gasteiger partial charge in [-0.2, -0.15) is 0 Å². The Kier molecular flexibility index (Phi) is 5.59. The molecule has 3 nitrogen and oxygen atoms in total. The highest BCUT2D eigenvalue weighted by Gasteiger charge is 2.11. The first-order valence-electron chi connectivity index (χ1n) is 5.30. The standard InChI is InChI=1S/C12H15IO3/c1-2-3-4-7-16-11-6-5-9(13)8-10(11)12(14)15/h5-6,8H,2-4,7H2,1H3,(H,14,15). The average molecular weight is 334 g/mol. The van der Waals surface area contributed by atoms with E-state index in [1.54, 1.807) is 12.1 Å². The maximum atomic E-state index is 11.0. The third-order valence-electron chi connectivity index (χ3n) is 2.18. The number of hydrogen-bond acceptors (Lipinski definition) is 2. The molecule has 1 rings (SSSR count). The first kappa shape index (κ1) is 13.3. The number of carboxylic acids is 1. The molecule has 16 heavy (non-hydrogen) atoms. The lowest BCUT2D eigenvalue weighted by Gasteiger charge is -2.09. The number of benzene rings is 1. The lowest BCUT2D eigenvalue weighted by Crippen LogP contribution is -2.04. The molecule has 0 bridgehead atoms. The van der Waals surface area contributed by atoms with Gasteiger partial charge in [0.15, 0.2) is 0 Å². The molecule has 1 aromatic rings. The monoisotopic (exact) mass is 334 g/mol. The highest BCUT2D eigenvalue weighted by Crippen LogP contribution is 2.21. The van der Waals surface area contributed by atoms with Crippen molar-refractivity contribution in [3.8, 4) is 5.75 Å². The van der Waals surface area contributed by atoms with Crippen LogP contribution < -0.4 is 4.74 Å². The normalized spacial score (nSPS) is 10.1. The Morgan fingerprint density at radius 3 is 2.81 bits per heavy atom. The van der Waals surface area contributed by atoms with Crippen LogP contribution in [0.25, 0.3) is 0 Å². The van der Waals surface area contributed by atoms with Crippen molar-refractivity contribution in [1.82, 2.24) is 0 Å². The van der Waals surface area contributed by atoms with E-state index in [0.717, 1.165) is 22.8 Å². The maximum absolute atomic E-state index is 11.0. The molecule has 1 aromatic carbocycles. The van der Waals surface area contributed by atoms with Crippen molar-refractivity contribution in [3.05, 3.63) is 27.3 Å². The molecule has 0 saturated heterocycles. The smallest absolute Gasteiger partial charge is 0.339 e. The Labute approximate surface area is 109 Å². The van der Waals surface area contributed by atoms with E-state index in [1.165, 1.54) is 0 Å². The van der Waals surface area contributed by atoms with E-state index in [9.17, 15) is 4.79 Å². The van der Waals surface area contributed by atoms with E-state index in [2.05, 4.69) is 29.5 Å². The van der Waals surface area contributed by atoms with Crippen LogP contribution in [0.1, 0.15) is 36.5 Å². The lowest BCUT2D eigenvalue weighted by atomic mass is 10.2. The van der Waals surface area contributed by atoms with Gasteiger partial charge in [0.25, 0.3) is 0 Å². The number of carbonyl (C=O) groups is 1. The minimum atomic E-state index is -0.941. The second-order valence-electron chi connectivity index (χ2n) is 3.50. The predicted molar refractivity (Wildman–Crippen MR) is 71.1 cm³/mol. The second kappa shape index (κ2) is 6.73. The first-order chi connectivity index (χ1) is 7.65. The fourth-order valence-electron chi connectivity index (χ4n) is 1.33. The van der Waals surface area contributed by atoms with E-state index >= 15 is 0 Å². The van der Waals surface area contributed by atoms with Crippen LogP contribution in [0.15, 0.2) is 18.2 Å². The third kappa shape index (κ3) is 4.00. The summed E-state index contributed by atoms with van der Waals surface area (Å²) >= 11 is 2.09. The van der Waals surface area contributed by atoms with Crippen LogP contribution in [0.2, 0.25) is 0 Å². The highest BCUT2D eigenvalue weighted by molar-refractivity contribution is 14.1. The predicted octanol–water partition coefficient (Wildman–Crippen LogP) is 3.56. The SMILES string of the molecule is CCCCCOc1ccc(I)cc1C(=O)O. The summed E-state index contributed by atoms with van der Waals surface area (Å²) in [5.74, 6) is -0.479. The van der Waals surface area contributed by atoms with Crippen molar-refractivity contribution in [2.24, 2.45) is 0 Å². The van der Waals surface area contributed by atoms with Crippen molar-refractivity contribution in [2.45, 2.75) is 26.2 Å². The van der Waals surface area contributed by atoms with E-state index in [1.807, 2.05) is 6.07 Å². The molecule has 0 unspecified atom stereocenters. The third-order valence-corrected chi connectivity index (χ3v) is 2.85. The summed E-state index contributed by atoms with van der Waals surface area (Å²) in [6.07, 6.45) is 3.19. The summed E-state index contributed by atoms with van der Waals surface area (Å²) in [6.45, 7) is 2.70. The van der Waals surface area contributed by atoms with Gasteiger partial charge in [-0.1, -0.05) is 19.8 Å². The molecule has 0 atom stereocenters. The Bertz CT molecular complexity index is 363. The lowest BCUT2D eigenvalue weighted by molar-refractivity contribution is 0.0692. The molecule has 0 amide bonds. The van der Waals surface area contributed by atoms with E-state index in [0.29, 0.717) is 12.4 Å². The van der Waals surface area contributed by atoms with Crippen LogP contribution in [0, 0.1) is 3.57 Å². The maximum Gasteiger partial charge on any atom is 0.339 e. The zero-order valence-corrected chi connectivity index (χ0v) is 11.4. The first-order valence-corrected chi connectivity index (χ1v) is 6.38. The summed E-state index contributed by atoms with van der Waals surface area (Å²) in [5.41, 5.74) is 0.239. The molecule has 0 aliphatic carbocycles. The van der Waals surface area contributed by atoms with Gasteiger partial charge < -0.3 is 9.84 Å². The highest BCUT2D eigenvalue weighted by atomic mass is 127. The minimum absolute atomic E-state index is 0.239. The van der Waals surface area contributed by atoms with Crippen LogP contribution in [-0.4, -0.2) is 17.7 Å². The topological polar surface area (TPSA) is 46.5 Å². The second-order valence-corrected chi connectivity index (χ2v) is 4.75. The summed E-state index contributed by atoms with van der Waals surface area (Å²) in [7, 11) is 0. The molecule has 0 saturated carbocycles. The van der Waals surface area contributed by atoms with Gasteiger partial charge in [0.1, 0.15) is 11.3 Å². The minimum Gasteiger partial charge on any atom is -0.493 e. The molecule has 0 aliphatic rings. The summed E-state index contributed by atoms with van der Waals surface area (Å²) in [5, 5.41) is 9.01. The van der Waals surface area contributed by atoms with Crippen molar-refractivity contribution in [3.63, 3.8) is 0 Å². The molecule has 88 valence electrons. The molecule has 0 aliphatic heterocycles. The van der Waals surface area contributed by atoms with E-state index in [4.69, 9.17) is 9.84 Å². The number of carboxylic acid groups (broad SMARTS) is 1. The van der Waals surface area contributed by atoms with Crippen molar-refractivity contribution in [2.75, 3.05) is 6.61 Å². The fraction of sp³-hybridized carbons (Fsp3) is 0.417. The zero-order chi connectivity index (χ0) is 12.0. The van der Waals surface area contributed by atoms with Gasteiger partial charge in [0, 0.05) is 3.57 Å². The van der Waals surface area contributed by atoms with Gasteiger partial charge in [-0.25, -0.2) is 4.79 Å². The molecule has 0 heterocycles. The molecule has 1 N–H and O–H groups in total. The number of hydrogen-bond donors (Lipinski definition) is 1. The van der Waals surface area contributed by atoms with Crippen LogP contribution in [0.5, 0.6) is 5.75 Å². The zero-order valence-electron chi connectivity index (χ0n) is 9.20. The molecular formula is C12H15IO3. The number of rotatable bonds is 6. The molecular weight excluding hydrogens is 319 g/mol. The molecule has 0 spiro atoms. The van der Waals surface area contributed by atoms with Gasteiger partial charge in [-0.15, -0.1) is 0 Å². The fourth-order valence-corrected chi connectivity index (χ4v) is 1.82. The number of unbranched alkanes of at least 4 members (excludes halogenated alkanes) is 2. The average Bonchev–Trinajstić information content (AvgIpc) is 2.26. The Morgan fingerprint density at radius 1 is 1.44 bits per heavy atom. The Morgan fingerprint density at radius 2 is 2.19 bits per heavy atom. The number of ether oxygens (including phenoxy) is 1. The van der Waals surface area contributed by atoms with Gasteiger partial charge in [0.05, 0.1) is 6.61 Å². The Hall–Kier alpha value is -0.780. The number of halogens is 1. The summed E-state index contributed by atoms with van der Waals surface area (Å²) in [4.78, 5) is 11.0. The quantitative estimate of drug-likeness (QED) is 0.639. The van der Waals surface area contributed by atoms with Gasteiger partial charge in [-0.05, 0) is 47.2 Å². The summed E-state index contributed by atoms with van der Waals surface area (Å²) in [6, 6.07) is 5.19. The van der Waals surface area contributed by atoms with Crippen molar-refractivity contribution >= 4 is 28.6 Å². The van der Waals surface area contributed by atoms with Crippen molar-refractivity contribution in [1.29, 1.82) is 0 Å². The molecule has 0 aromatic heterocycles. The van der Waals surface area contributed by atoms with Crippen molar-refractivity contribution < 1.29 is 14.6 Å². The van der Waals surface area contributed by atoms with Crippen LogP contribution in [0.4, 0.5) is 0 Å².